The maximum atomic E-state index is 13.8. The van der Waals surface area contributed by atoms with Crippen LogP contribution in [0.1, 0.15) is 32.9 Å². The van der Waals surface area contributed by atoms with Crippen LogP contribution in [0.25, 0.3) is 21.7 Å². The highest BCUT2D eigenvalue weighted by Crippen LogP contribution is 2.35. The highest BCUT2D eigenvalue weighted by Gasteiger charge is 2.28. The number of carbonyl (C=O) groups is 1. The van der Waals surface area contributed by atoms with Crippen molar-refractivity contribution in [3.8, 4) is 10.6 Å². The number of amides is 1. The first kappa shape index (κ1) is 20.8. The standard InChI is InChI=1S/C23H21N3O4S2/c1-13-6-9-20(31-13)18-12-17(21-14(2)25-30-22(21)24-18)23(27)26-10-4-5-15-11-16(32(3,28)29)7-8-19(15)26/h6-9,11-12H,4-5,10H2,1-3H3. The van der Waals surface area contributed by atoms with Crippen molar-refractivity contribution in [2.75, 3.05) is 17.7 Å². The summed E-state index contributed by atoms with van der Waals surface area (Å²) < 4.78 is 29.4. The molecule has 0 aliphatic carbocycles. The molecule has 0 saturated heterocycles. The van der Waals surface area contributed by atoms with Gasteiger partial charge in [0, 0.05) is 23.4 Å². The smallest absolute Gasteiger partial charge is 0.259 e. The first-order valence-electron chi connectivity index (χ1n) is 10.2. The van der Waals surface area contributed by atoms with E-state index in [1.807, 2.05) is 19.1 Å². The van der Waals surface area contributed by atoms with Gasteiger partial charge in [0.05, 0.1) is 32.1 Å². The fraction of sp³-hybridized carbons (Fsp3) is 0.261. The average molecular weight is 468 g/mol. The second-order valence-corrected chi connectivity index (χ2v) is 11.3. The SMILES string of the molecule is Cc1ccc(-c2cc(C(=O)N3CCCc4cc(S(C)(=O)=O)ccc43)c3c(C)noc3n2)s1. The summed E-state index contributed by atoms with van der Waals surface area (Å²) in [5, 5.41) is 4.64. The molecule has 0 saturated carbocycles. The Hall–Kier alpha value is -3.04. The molecule has 9 heteroatoms. The number of pyridine rings is 1. The summed E-state index contributed by atoms with van der Waals surface area (Å²) in [5.74, 6) is -0.175. The molecule has 0 N–H and O–H groups in total. The number of anilines is 1. The van der Waals surface area contributed by atoms with Gasteiger partial charge in [-0.3, -0.25) is 4.79 Å². The summed E-state index contributed by atoms with van der Waals surface area (Å²) in [4.78, 5) is 22.5. The molecule has 1 aliphatic rings. The van der Waals surface area contributed by atoms with Crippen molar-refractivity contribution in [2.24, 2.45) is 0 Å². The van der Waals surface area contributed by atoms with Crippen LogP contribution in [0.3, 0.4) is 0 Å². The summed E-state index contributed by atoms with van der Waals surface area (Å²) in [7, 11) is -3.32. The predicted molar refractivity (Wildman–Crippen MR) is 124 cm³/mol. The number of aromatic nitrogens is 2. The lowest BCUT2D eigenvalue weighted by Gasteiger charge is -2.30. The van der Waals surface area contributed by atoms with Crippen LogP contribution in [0.5, 0.6) is 0 Å². The van der Waals surface area contributed by atoms with Crippen LogP contribution < -0.4 is 4.90 Å². The van der Waals surface area contributed by atoms with Gasteiger partial charge in [-0.05, 0) is 68.7 Å². The molecule has 1 aromatic carbocycles. The van der Waals surface area contributed by atoms with Crippen LogP contribution in [-0.4, -0.2) is 37.3 Å². The summed E-state index contributed by atoms with van der Waals surface area (Å²) in [6.45, 7) is 4.36. The van der Waals surface area contributed by atoms with Gasteiger partial charge in [0.2, 0.25) is 0 Å². The van der Waals surface area contributed by atoms with Gasteiger partial charge in [-0.1, -0.05) is 5.16 Å². The lowest BCUT2D eigenvalue weighted by molar-refractivity contribution is 0.0986. The third kappa shape index (κ3) is 3.51. The maximum absolute atomic E-state index is 13.8. The number of carbonyl (C=O) groups excluding carboxylic acids is 1. The van der Waals surface area contributed by atoms with Gasteiger partial charge in [0.25, 0.3) is 11.6 Å². The van der Waals surface area contributed by atoms with Crippen molar-refractivity contribution in [3.05, 3.63) is 58.1 Å². The molecule has 0 unspecified atom stereocenters. The van der Waals surface area contributed by atoms with Gasteiger partial charge in [-0.2, -0.15) is 0 Å². The summed E-state index contributed by atoms with van der Waals surface area (Å²) in [6, 6.07) is 10.8. The van der Waals surface area contributed by atoms with Crippen molar-refractivity contribution in [1.82, 2.24) is 10.1 Å². The Balaban J connectivity index is 1.64. The molecule has 4 heterocycles. The van der Waals surface area contributed by atoms with Gasteiger partial charge < -0.3 is 9.42 Å². The Labute approximate surface area is 189 Å². The maximum Gasteiger partial charge on any atom is 0.259 e. The van der Waals surface area contributed by atoms with Crippen LogP contribution in [0.15, 0.2) is 45.8 Å². The minimum Gasteiger partial charge on any atom is -0.335 e. The second-order valence-electron chi connectivity index (χ2n) is 8.04. The Bertz CT molecular complexity index is 1480. The molecule has 3 aromatic heterocycles. The van der Waals surface area contributed by atoms with Gasteiger partial charge >= 0.3 is 0 Å². The van der Waals surface area contributed by atoms with E-state index in [9.17, 15) is 13.2 Å². The van der Waals surface area contributed by atoms with E-state index in [1.165, 1.54) is 6.26 Å². The van der Waals surface area contributed by atoms with Crippen LogP contribution in [0.4, 0.5) is 5.69 Å². The van der Waals surface area contributed by atoms with Gasteiger partial charge in [0.15, 0.2) is 9.84 Å². The fourth-order valence-electron chi connectivity index (χ4n) is 4.12. The Morgan fingerprint density at radius 1 is 1.16 bits per heavy atom. The molecule has 1 aliphatic heterocycles. The number of hydrogen-bond acceptors (Lipinski definition) is 7. The number of aryl methyl sites for hydroxylation is 3. The molecule has 164 valence electrons. The predicted octanol–water partition coefficient (Wildman–Crippen LogP) is 4.56. The molecule has 0 fully saturated rings. The number of hydrogen-bond donors (Lipinski definition) is 0. The molecule has 7 nitrogen and oxygen atoms in total. The van der Waals surface area contributed by atoms with E-state index >= 15 is 0 Å². The summed E-state index contributed by atoms with van der Waals surface area (Å²) >= 11 is 1.60. The molecule has 5 rings (SSSR count). The first-order chi connectivity index (χ1) is 15.2. The van der Waals surface area contributed by atoms with Gasteiger partial charge in [-0.25, -0.2) is 13.4 Å². The number of fused-ring (bicyclic) bond motifs is 2. The molecule has 0 radical (unpaired) electrons. The van der Waals surface area contributed by atoms with E-state index < -0.39 is 9.84 Å². The van der Waals surface area contributed by atoms with Crippen LogP contribution >= 0.6 is 11.3 Å². The van der Waals surface area contributed by atoms with Crippen molar-refractivity contribution >= 4 is 43.9 Å². The van der Waals surface area contributed by atoms with E-state index in [0.29, 0.717) is 34.6 Å². The lowest BCUT2D eigenvalue weighted by atomic mass is 10.00. The monoisotopic (exact) mass is 467 g/mol. The number of rotatable bonds is 3. The third-order valence-corrected chi connectivity index (χ3v) is 7.82. The van der Waals surface area contributed by atoms with Crippen LogP contribution in [0, 0.1) is 13.8 Å². The van der Waals surface area contributed by atoms with Crippen LogP contribution in [0.2, 0.25) is 0 Å². The Morgan fingerprint density at radius 3 is 2.69 bits per heavy atom. The molecule has 0 spiro atoms. The topological polar surface area (TPSA) is 93.4 Å². The van der Waals surface area contributed by atoms with E-state index in [-0.39, 0.29) is 10.8 Å². The largest absolute Gasteiger partial charge is 0.335 e. The molecular weight excluding hydrogens is 446 g/mol. The van der Waals surface area contributed by atoms with E-state index in [2.05, 4.69) is 10.1 Å². The molecular formula is C23H21N3O4S2. The summed E-state index contributed by atoms with van der Waals surface area (Å²) in [6.07, 6.45) is 2.66. The minimum absolute atomic E-state index is 0.175. The minimum atomic E-state index is -3.32. The average Bonchev–Trinajstić information content (AvgIpc) is 3.37. The zero-order valence-corrected chi connectivity index (χ0v) is 19.5. The number of sulfone groups is 1. The summed E-state index contributed by atoms with van der Waals surface area (Å²) in [5.41, 5.74) is 3.68. The molecule has 0 bridgehead atoms. The zero-order chi connectivity index (χ0) is 22.6. The Kier molecular flexibility index (Phi) is 4.90. The quantitative estimate of drug-likeness (QED) is 0.438. The van der Waals surface area contributed by atoms with Crippen LogP contribution in [-0.2, 0) is 16.3 Å². The molecule has 1 amide bonds. The van der Waals surface area contributed by atoms with Crippen molar-refractivity contribution in [1.29, 1.82) is 0 Å². The normalized spacial score (nSPS) is 14.0. The van der Waals surface area contributed by atoms with Crippen molar-refractivity contribution < 1.29 is 17.7 Å². The molecule has 0 atom stereocenters. The van der Waals surface area contributed by atoms with Crippen molar-refractivity contribution in [2.45, 2.75) is 31.6 Å². The van der Waals surface area contributed by atoms with E-state index in [0.717, 1.165) is 33.8 Å². The van der Waals surface area contributed by atoms with Gasteiger partial charge in [0.1, 0.15) is 0 Å². The molecule has 32 heavy (non-hydrogen) atoms. The van der Waals surface area contributed by atoms with Gasteiger partial charge in [-0.15, -0.1) is 11.3 Å². The van der Waals surface area contributed by atoms with Crippen molar-refractivity contribution in [3.63, 3.8) is 0 Å². The zero-order valence-electron chi connectivity index (χ0n) is 17.9. The number of benzene rings is 1. The second kappa shape index (κ2) is 7.53. The Morgan fingerprint density at radius 2 is 1.97 bits per heavy atom. The lowest BCUT2D eigenvalue weighted by Crippen LogP contribution is -2.35. The number of nitrogens with zero attached hydrogens (tertiary/aromatic N) is 3. The molecule has 4 aromatic rings. The number of thiophene rings is 1. The highest BCUT2D eigenvalue weighted by atomic mass is 32.2. The fourth-order valence-corrected chi connectivity index (χ4v) is 5.62. The first-order valence-corrected chi connectivity index (χ1v) is 12.9. The third-order valence-electron chi connectivity index (χ3n) is 5.68. The van der Waals surface area contributed by atoms with E-state index in [1.54, 1.807) is 47.4 Å². The van der Waals surface area contributed by atoms with E-state index in [4.69, 9.17) is 4.52 Å². The highest BCUT2D eigenvalue weighted by molar-refractivity contribution is 7.90.